The highest BCUT2D eigenvalue weighted by atomic mass is 32.1. The second kappa shape index (κ2) is 5.16. The lowest BCUT2D eigenvalue weighted by Gasteiger charge is -2.20. The summed E-state index contributed by atoms with van der Waals surface area (Å²) in [5.74, 6) is 1.03. The third-order valence-electron chi connectivity index (χ3n) is 3.94. The summed E-state index contributed by atoms with van der Waals surface area (Å²) in [5.41, 5.74) is 10.0. The van der Waals surface area contributed by atoms with E-state index in [0.717, 1.165) is 35.6 Å². The van der Waals surface area contributed by atoms with E-state index >= 15 is 0 Å². The van der Waals surface area contributed by atoms with Crippen LogP contribution < -0.4 is 5.73 Å². The van der Waals surface area contributed by atoms with Gasteiger partial charge in [0.25, 0.3) is 0 Å². The number of anilines is 1. The van der Waals surface area contributed by atoms with Crippen molar-refractivity contribution in [1.82, 2.24) is 14.9 Å². The van der Waals surface area contributed by atoms with Gasteiger partial charge in [-0.3, -0.25) is 4.90 Å². The molecule has 1 aromatic carbocycles. The van der Waals surface area contributed by atoms with Crippen molar-refractivity contribution in [2.45, 2.75) is 32.0 Å². The number of nitrogens with one attached hydrogen (secondary N) is 1. The Kier molecular flexibility index (Phi) is 3.16. The molecule has 1 fully saturated rings. The number of hydrogen-bond donors (Lipinski definition) is 2. The SMILES string of the molecule is Nc1ccc2nc(CN(Cc3ccsc3)C3CC3)[nH]c2c1. The minimum absolute atomic E-state index is 0.711. The summed E-state index contributed by atoms with van der Waals surface area (Å²) in [6, 6.07) is 8.75. The summed E-state index contributed by atoms with van der Waals surface area (Å²) in [7, 11) is 0. The van der Waals surface area contributed by atoms with E-state index in [1.807, 2.05) is 18.2 Å². The monoisotopic (exact) mass is 298 g/mol. The van der Waals surface area contributed by atoms with E-state index in [4.69, 9.17) is 5.73 Å². The highest BCUT2D eigenvalue weighted by Crippen LogP contribution is 2.30. The summed E-state index contributed by atoms with van der Waals surface area (Å²) < 4.78 is 0. The van der Waals surface area contributed by atoms with Gasteiger partial charge in [0.2, 0.25) is 0 Å². The summed E-state index contributed by atoms with van der Waals surface area (Å²) in [6.07, 6.45) is 2.61. The van der Waals surface area contributed by atoms with Gasteiger partial charge in [-0.2, -0.15) is 11.3 Å². The quantitative estimate of drug-likeness (QED) is 0.710. The second-order valence-corrected chi connectivity index (χ2v) is 6.51. The summed E-state index contributed by atoms with van der Waals surface area (Å²) in [4.78, 5) is 10.6. The minimum Gasteiger partial charge on any atom is -0.399 e. The van der Waals surface area contributed by atoms with E-state index in [9.17, 15) is 0 Å². The number of nitrogens with two attached hydrogens (primary N) is 1. The molecule has 0 saturated heterocycles. The second-order valence-electron chi connectivity index (χ2n) is 5.73. The van der Waals surface area contributed by atoms with E-state index < -0.39 is 0 Å². The summed E-state index contributed by atoms with van der Waals surface area (Å²) >= 11 is 1.76. The number of benzene rings is 1. The number of fused-ring (bicyclic) bond motifs is 1. The Balaban J connectivity index is 1.56. The Morgan fingerprint density at radius 1 is 1.29 bits per heavy atom. The van der Waals surface area contributed by atoms with Crippen molar-refractivity contribution in [3.63, 3.8) is 0 Å². The Morgan fingerprint density at radius 2 is 2.19 bits per heavy atom. The number of aromatic nitrogens is 2. The topological polar surface area (TPSA) is 57.9 Å². The van der Waals surface area contributed by atoms with Crippen molar-refractivity contribution < 1.29 is 0 Å². The molecular formula is C16H18N4S. The van der Waals surface area contributed by atoms with Crippen molar-refractivity contribution in [3.8, 4) is 0 Å². The lowest BCUT2D eigenvalue weighted by molar-refractivity contribution is 0.240. The molecule has 0 amide bonds. The third kappa shape index (κ3) is 2.80. The maximum absolute atomic E-state index is 5.83. The minimum atomic E-state index is 0.711. The van der Waals surface area contributed by atoms with Gasteiger partial charge in [0.15, 0.2) is 0 Å². The molecule has 3 N–H and O–H groups in total. The van der Waals surface area contributed by atoms with Crippen LogP contribution in [0.2, 0.25) is 0 Å². The zero-order valence-electron chi connectivity index (χ0n) is 11.7. The number of nitrogen functional groups attached to an aromatic ring is 1. The third-order valence-corrected chi connectivity index (χ3v) is 4.67. The first kappa shape index (κ1) is 12.9. The number of hydrogen-bond acceptors (Lipinski definition) is 4. The first-order chi connectivity index (χ1) is 10.3. The predicted molar refractivity (Wildman–Crippen MR) is 87.1 cm³/mol. The van der Waals surface area contributed by atoms with E-state index in [-0.39, 0.29) is 0 Å². The molecule has 5 heteroatoms. The van der Waals surface area contributed by atoms with E-state index in [2.05, 4.69) is 31.7 Å². The molecule has 0 aliphatic heterocycles. The molecule has 0 atom stereocenters. The fourth-order valence-corrected chi connectivity index (χ4v) is 3.38. The fourth-order valence-electron chi connectivity index (χ4n) is 2.72. The van der Waals surface area contributed by atoms with Crippen LogP contribution in [0.1, 0.15) is 24.2 Å². The Morgan fingerprint density at radius 3 is 2.95 bits per heavy atom. The Hall–Kier alpha value is -1.85. The maximum Gasteiger partial charge on any atom is 0.121 e. The normalized spacial score (nSPS) is 15.1. The molecule has 3 aromatic rings. The van der Waals surface area contributed by atoms with Crippen molar-refractivity contribution >= 4 is 28.1 Å². The van der Waals surface area contributed by atoms with Gasteiger partial charge in [-0.1, -0.05) is 0 Å². The van der Waals surface area contributed by atoms with Crippen LogP contribution in [-0.4, -0.2) is 20.9 Å². The molecule has 1 aliphatic rings. The van der Waals surface area contributed by atoms with Crippen LogP contribution in [0, 0.1) is 0 Å². The number of nitrogens with zero attached hydrogens (tertiary/aromatic N) is 2. The van der Waals surface area contributed by atoms with Crippen molar-refractivity contribution in [2.24, 2.45) is 0 Å². The van der Waals surface area contributed by atoms with Gasteiger partial charge >= 0.3 is 0 Å². The van der Waals surface area contributed by atoms with Crippen LogP contribution in [-0.2, 0) is 13.1 Å². The van der Waals surface area contributed by atoms with Crippen LogP contribution in [0.15, 0.2) is 35.0 Å². The molecule has 1 saturated carbocycles. The van der Waals surface area contributed by atoms with Crippen LogP contribution in [0.25, 0.3) is 11.0 Å². The largest absolute Gasteiger partial charge is 0.399 e. The maximum atomic E-state index is 5.83. The van der Waals surface area contributed by atoms with Gasteiger partial charge in [0, 0.05) is 18.3 Å². The Bertz CT molecular complexity index is 743. The average molecular weight is 298 g/mol. The lowest BCUT2D eigenvalue weighted by atomic mass is 10.3. The molecule has 0 bridgehead atoms. The van der Waals surface area contributed by atoms with Crippen LogP contribution >= 0.6 is 11.3 Å². The van der Waals surface area contributed by atoms with Crippen LogP contribution in [0.5, 0.6) is 0 Å². The number of thiophene rings is 1. The molecular weight excluding hydrogens is 280 g/mol. The molecule has 0 spiro atoms. The predicted octanol–water partition coefficient (Wildman–Crippen LogP) is 3.37. The first-order valence-electron chi connectivity index (χ1n) is 7.27. The van der Waals surface area contributed by atoms with E-state index in [0.29, 0.717) is 6.04 Å². The molecule has 4 rings (SSSR count). The van der Waals surface area contributed by atoms with E-state index in [1.165, 1.54) is 18.4 Å². The molecule has 4 nitrogen and oxygen atoms in total. The van der Waals surface area contributed by atoms with Crippen molar-refractivity contribution in [2.75, 3.05) is 5.73 Å². The number of rotatable bonds is 5. The smallest absolute Gasteiger partial charge is 0.121 e. The van der Waals surface area contributed by atoms with Crippen molar-refractivity contribution in [3.05, 3.63) is 46.4 Å². The van der Waals surface area contributed by atoms with Crippen molar-refractivity contribution in [1.29, 1.82) is 0 Å². The molecule has 0 unspecified atom stereocenters. The van der Waals surface area contributed by atoms with Gasteiger partial charge in [0.05, 0.1) is 17.6 Å². The number of aromatic amines is 1. The lowest BCUT2D eigenvalue weighted by Crippen LogP contribution is -2.25. The highest BCUT2D eigenvalue weighted by molar-refractivity contribution is 7.07. The molecule has 21 heavy (non-hydrogen) atoms. The first-order valence-corrected chi connectivity index (χ1v) is 8.21. The highest BCUT2D eigenvalue weighted by Gasteiger charge is 2.29. The number of imidazole rings is 1. The zero-order valence-corrected chi connectivity index (χ0v) is 12.6. The summed E-state index contributed by atoms with van der Waals surface area (Å²) in [5, 5.41) is 4.37. The van der Waals surface area contributed by atoms with Gasteiger partial charge < -0.3 is 10.7 Å². The Labute approximate surface area is 127 Å². The molecule has 108 valence electrons. The van der Waals surface area contributed by atoms with E-state index in [1.54, 1.807) is 11.3 Å². The molecule has 1 aliphatic carbocycles. The average Bonchev–Trinajstić information content (AvgIpc) is 3.04. The molecule has 2 heterocycles. The fraction of sp³-hybridized carbons (Fsp3) is 0.312. The molecule has 0 radical (unpaired) electrons. The van der Waals surface area contributed by atoms with Gasteiger partial charge in [-0.25, -0.2) is 4.98 Å². The van der Waals surface area contributed by atoms with Gasteiger partial charge in [-0.05, 0) is 53.4 Å². The zero-order chi connectivity index (χ0) is 14.2. The summed E-state index contributed by atoms with van der Waals surface area (Å²) in [6.45, 7) is 1.88. The van der Waals surface area contributed by atoms with Gasteiger partial charge in [0.1, 0.15) is 5.82 Å². The molecule has 2 aromatic heterocycles. The van der Waals surface area contributed by atoms with Gasteiger partial charge in [-0.15, -0.1) is 0 Å². The van der Waals surface area contributed by atoms with Crippen LogP contribution in [0.3, 0.4) is 0 Å². The standard InChI is InChI=1S/C16H18N4S/c17-12-1-4-14-15(7-12)19-16(18-14)9-20(13-2-3-13)8-11-5-6-21-10-11/h1,4-7,10,13H,2-3,8-9,17H2,(H,18,19). The number of H-pyrrole nitrogens is 1. The van der Waals surface area contributed by atoms with Crippen LogP contribution in [0.4, 0.5) is 5.69 Å².